The van der Waals surface area contributed by atoms with E-state index in [1.807, 2.05) is 24.3 Å². The number of amides is 1. The number of hydrogen-bond acceptors (Lipinski definition) is 4. The van der Waals surface area contributed by atoms with Crippen molar-refractivity contribution in [2.24, 2.45) is 0 Å². The Morgan fingerprint density at radius 1 is 1.04 bits per heavy atom. The van der Waals surface area contributed by atoms with Gasteiger partial charge in [0.25, 0.3) is 5.91 Å². The molecule has 0 aliphatic rings. The molecule has 1 N–H and O–H groups in total. The van der Waals surface area contributed by atoms with Crippen molar-refractivity contribution in [3.8, 4) is 5.75 Å². The Morgan fingerprint density at radius 2 is 1.71 bits per heavy atom. The lowest BCUT2D eigenvalue weighted by Crippen LogP contribution is -2.28. The number of ether oxygens (including phenoxy) is 2. The molecule has 0 aliphatic carbocycles. The molecule has 0 fully saturated rings. The molecule has 0 unspecified atom stereocenters. The number of carbonyl (C=O) groups is 2. The summed E-state index contributed by atoms with van der Waals surface area (Å²) in [6.45, 7) is -0.0546. The molecule has 5 nitrogen and oxygen atoms in total. The van der Waals surface area contributed by atoms with Gasteiger partial charge >= 0.3 is 5.97 Å². The van der Waals surface area contributed by atoms with E-state index in [-0.39, 0.29) is 25.5 Å². The summed E-state index contributed by atoms with van der Waals surface area (Å²) in [4.78, 5) is 23.6. The number of nitrogens with one attached hydrogen (secondary N) is 1. The molecule has 24 heavy (non-hydrogen) atoms. The monoisotopic (exact) mass is 347 g/mol. The predicted molar refractivity (Wildman–Crippen MR) is 91.0 cm³/mol. The Hall–Kier alpha value is -2.53. The van der Waals surface area contributed by atoms with Crippen LogP contribution in [0.3, 0.4) is 0 Å². The highest BCUT2D eigenvalue weighted by molar-refractivity contribution is 6.31. The summed E-state index contributed by atoms with van der Waals surface area (Å²) < 4.78 is 10.2. The minimum absolute atomic E-state index is 0.0435. The topological polar surface area (TPSA) is 64.6 Å². The molecule has 0 bridgehead atoms. The summed E-state index contributed by atoms with van der Waals surface area (Å²) in [6, 6.07) is 14.4. The lowest BCUT2D eigenvalue weighted by Gasteiger charge is -2.09. The lowest BCUT2D eigenvalue weighted by atomic mass is 10.1. The van der Waals surface area contributed by atoms with Gasteiger partial charge in [0.1, 0.15) is 5.75 Å². The van der Waals surface area contributed by atoms with Gasteiger partial charge in [-0.05, 0) is 17.7 Å². The molecule has 0 saturated carbocycles. The maximum Gasteiger partial charge on any atom is 0.310 e. The van der Waals surface area contributed by atoms with Crippen LogP contribution in [0.15, 0.2) is 48.5 Å². The molecule has 2 rings (SSSR count). The molecule has 1 amide bonds. The average molecular weight is 348 g/mol. The first-order valence-electron chi connectivity index (χ1n) is 7.37. The number of esters is 1. The van der Waals surface area contributed by atoms with Gasteiger partial charge in [-0.25, -0.2) is 0 Å². The molecule has 0 radical (unpaired) electrons. The van der Waals surface area contributed by atoms with Crippen LogP contribution in [0.4, 0.5) is 0 Å². The highest BCUT2D eigenvalue weighted by Crippen LogP contribution is 2.18. The molecule has 0 atom stereocenters. The van der Waals surface area contributed by atoms with Crippen LogP contribution in [0, 0.1) is 0 Å². The maximum absolute atomic E-state index is 11.8. The van der Waals surface area contributed by atoms with Gasteiger partial charge < -0.3 is 14.8 Å². The summed E-state index contributed by atoms with van der Waals surface area (Å²) in [5.74, 6) is -0.270. The van der Waals surface area contributed by atoms with E-state index in [4.69, 9.17) is 21.1 Å². The van der Waals surface area contributed by atoms with E-state index in [2.05, 4.69) is 5.32 Å². The summed E-state index contributed by atoms with van der Waals surface area (Å²) >= 11 is 6.01. The van der Waals surface area contributed by atoms with Crippen LogP contribution in [0.2, 0.25) is 5.02 Å². The fourth-order valence-corrected chi connectivity index (χ4v) is 2.29. The quantitative estimate of drug-likeness (QED) is 0.782. The highest BCUT2D eigenvalue weighted by atomic mass is 35.5. The van der Waals surface area contributed by atoms with Gasteiger partial charge in [-0.15, -0.1) is 0 Å². The third-order valence-electron chi connectivity index (χ3n) is 3.33. The van der Waals surface area contributed by atoms with Crippen molar-refractivity contribution in [1.82, 2.24) is 5.32 Å². The smallest absolute Gasteiger partial charge is 0.310 e. The van der Waals surface area contributed by atoms with Crippen LogP contribution in [-0.2, 0) is 27.3 Å². The van der Waals surface area contributed by atoms with Gasteiger partial charge in [0, 0.05) is 17.1 Å². The Labute approximate surface area is 145 Å². The van der Waals surface area contributed by atoms with Gasteiger partial charge in [-0.2, -0.15) is 0 Å². The number of para-hydroxylation sites is 1. The van der Waals surface area contributed by atoms with Crippen LogP contribution in [0.5, 0.6) is 5.75 Å². The second-order valence-corrected chi connectivity index (χ2v) is 5.42. The second-order valence-electron chi connectivity index (χ2n) is 5.02. The number of rotatable bonds is 7. The lowest BCUT2D eigenvalue weighted by molar-refractivity contribution is -0.147. The molecule has 0 spiro atoms. The van der Waals surface area contributed by atoms with E-state index in [1.54, 1.807) is 24.3 Å². The Balaban J connectivity index is 1.77. The van der Waals surface area contributed by atoms with E-state index >= 15 is 0 Å². The number of hydrogen-bond donors (Lipinski definition) is 1. The predicted octanol–water partition coefficient (Wildman–Crippen LogP) is 2.75. The van der Waals surface area contributed by atoms with Crippen molar-refractivity contribution in [3.05, 3.63) is 64.7 Å². The summed E-state index contributed by atoms with van der Waals surface area (Å²) in [5.41, 5.74) is 1.51. The van der Waals surface area contributed by atoms with Crippen molar-refractivity contribution < 1.29 is 19.1 Å². The number of benzene rings is 2. The van der Waals surface area contributed by atoms with Crippen molar-refractivity contribution in [2.45, 2.75) is 13.0 Å². The standard InChI is InChI=1S/C18H18ClNO4/c1-23-16-9-5-3-6-13(16)10-18(22)24-12-17(21)20-11-14-7-2-4-8-15(14)19/h2-9H,10-12H2,1H3,(H,20,21). The third-order valence-corrected chi connectivity index (χ3v) is 3.69. The zero-order chi connectivity index (χ0) is 17.4. The molecule has 126 valence electrons. The van der Waals surface area contributed by atoms with Crippen LogP contribution in [-0.4, -0.2) is 25.6 Å². The fourth-order valence-electron chi connectivity index (χ4n) is 2.09. The molecule has 2 aromatic rings. The molecular weight excluding hydrogens is 330 g/mol. The van der Waals surface area contributed by atoms with Crippen molar-refractivity contribution in [3.63, 3.8) is 0 Å². The fraction of sp³-hybridized carbons (Fsp3) is 0.222. The van der Waals surface area contributed by atoms with Crippen LogP contribution in [0.1, 0.15) is 11.1 Å². The first-order valence-corrected chi connectivity index (χ1v) is 7.75. The Kier molecular flexibility index (Phi) is 6.63. The average Bonchev–Trinajstić information content (AvgIpc) is 2.59. The van der Waals surface area contributed by atoms with E-state index in [0.717, 1.165) is 5.56 Å². The summed E-state index contributed by atoms with van der Waals surface area (Å²) in [5, 5.41) is 3.23. The number of methoxy groups -OCH3 is 1. The van der Waals surface area contributed by atoms with Crippen molar-refractivity contribution in [1.29, 1.82) is 0 Å². The first kappa shape index (κ1) is 17.8. The van der Waals surface area contributed by atoms with Crippen molar-refractivity contribution in [2.75, 3.05) is 13.7 Å². The molecule has 0 aliphatic heterocycles. The Bertz CT molecular complexity index is 718. The number of halogens is 1. The van der Waals surface area contributed by atoms with Gasteiger partial charge in [0.05, 0.1) is 13.5 Å². The van der Waals surface area contributed by atoms with Crippen molar-refractivity contribution >= 4 is 23.5 Å². The van der Waals surface area contributed by atoms with E-state index < -0.39 is 5.97 Å². The van der Waals surface area contributed by atoms with Gasteiger partial charge in [-0.1, -0.05) is 48.0 Å². The van der Waals surface area contributed by atoms with Gasteiger partial charge in [-0.3, -0.25) is 9.59 Å². The highest BCUT2D eigenvalue weighted by Gasteiger charge is 2.11. The third kappa shape index (κ3) is 5.28. The van der Waals surface area contributed by atoms with Crippen LogP contribution < -0.4 is 10.1 Å². The minimum Gasteiger partial charge on any atom is -0.496 e. The summed E-state index contributed by atoms with van der Waals surface area (Å²) in [7, 11) is 1.53. The second kappa shape index (κ2) is 8.93. The molecule has 0 aromatic heterocycles. The zero-order valence-corrected chi connectivity index (χ0v) is 14.0. The minimum atomic E-state index is -0.493. The molecule has 6 heteroatoms. The van der Waals surface area contributed by atoms with Crippen LogP contribution >= 0.6 is 11.6 Å². The molecule has 2 aromatic carbocycles. The molecule has 0 saturated heterocycles. The van der Waals surface area contributed by atoms with Gasteiger partial charge in [0.2, 0.25) is 0 Å². The zero-order valence-electron chi connectivity index (χ0n) is 13.3. The molecule has 0 heterocycles. The first-order chi connectivity index (χ1) is 11.6. The summed E-state index contributed by atoms with van der Waals surface area (Å²) in [6.07, 6.45) is 0.0435. The van der Waals surface area contributed by atoms with E-state index in [0.29, 0.717) is 16.3 Å². The Morgan fingerprint density at radius 3 is 2.42 bits per heavy atom. The van der Waals surface area contributed by atoms with E-state index in [1.165, 1.54) is 7.11 Å². The van der Waals surface area contributed by atoms with Gasteiger partial charge in [0.15, 0.2) is 6.61 Å². The van der Waals surface area contributed by atoms with E-state index in [9.17, 15) is 9.59 Å². The largest absolute Gasteiger partial charge is 0.496 e. The SMILES string of the molecule is COc1ccccc1CC(=O)OCC(=O)NCc1ccccc1Cl. The molecular formula is C18H18ClNO4. The maximum atomic E-state index is 11.8. The number of carbonyl (C=O) groups excluding carboxylic acids is 2. The normalized spacial score (nSPS) is 10.1. The van der Waals surface area contributed by atoms with Crippen LogP contribution in [0.25, 0.3) is 0 Å².